The summed E-state index contributed by atoms with van der Waals surface area (Å²) in [6.45, 7) is 11.6. The SMILES string of the molecule is C=C1C(c2ccccc2C)=C(C)C(=NCC)c2ccccc21. The highest BCUT2D eigenvalue weighted by molar-refractivity contribution is 6.28. The van der Waals surface area contributed by atoms with Crippen LogP contribution in [0.2, 0.25) is 0 Å². The Morgan fingerprint density at radius 1 is 0.864 bits per heavy atom. The first-order chi connectivity index (χ1) is 10.6. The zero-order chi connectivity index (χ0) is 15.7. The Morgan fingerprint density at radius 2 is 1.45 bits per heavy atom. The normalized spacial score (nSPS) is 16.1. The largest absolute Gasteiger partial charge is 0.285 e. The molecule has 0 saturated carbocycles. The van der Waals surface area contributed by atoms with Crippen LogP contribution >= 0.6 is 0 Å². The first kappa shape index (κ1) is 14.5. The number of aryl methyl sites for hydroxylation is 1. The van der Waals surface area contributed by atoms with E-state index in [9.17, 15) is 0 Å². The molecule has 0 unspecified atom stereocenters. The monoisotopic (exact) mass is 287 g/mol. The van der Waals surface area contributed by atoms with Crippen molar-refractivity contribution in [2.24, 2.45) is 4.99 Å². The van der Waals surface area contributed by atoms with E-state index in [4.69, 9.17) is 4.99 Å². The van der Waals surface area contributed by atoms with Gasteiger partial charge >= 0.3 is 0 Å². The molecule has 0 heterocycles. The van der Waals surface area contributed by atoms with Gasteiger partial charge in [-0.15, -0.1) is 0 Å². The van der Waals surface area contributed by atoms with E-state index in [1.807, 2.05) is 0 Å². The maximum absolute atomic E-state index is 4.76. The van der Waals surface area contributed by atoms with E-state index < -0.39 is 0 Å². The number of aliphatic imine (C=N–C) groups is 1. The summed E-state index contributed by atoms with van der Waals surface area (Å²) in [5.74, 6) is 0. The average molecular weight is 287 g/mol. The maximum Gasteiger partial charge on any atom is 0.0688 e. The second-order valence-corrected chi connectivity index (χ2v) is 5.66. The van der Waals surface area contributed by atoms with Gasteiger partial charge in [0.15, 0.2) is 0 Å². The molecule has 1 aliphatic carbocycles. The van der Waals surface area contributed by atoms with Crippen molar-refractivity contribution >= 4 is 16.9 Å². The van der Waals surface area contributed by atoms with E-state index in [1.165, 1.54) is 33.4 Å². The van der Waals surface area contributed by atoms with Crippen molar-refractivity contribution in [3.63, 3.8) is 0 Å². The molecule has 0 radical (unpaired) electrons. The molecule has 2 aromatic rings. The third-order valence-electron chi connectivity index (χ3n) is 4.27. The van der Waals surface area contributed by atoms with E-state index in [-0.39, 0.29) is 0 Å². The van der Waals surface area contributed by atoms with E-state index in [2.05, 4.69) is 75.9 Å². The summed E-state index contributed by atoms with van der Waals surface area (Å²) in [6.07, 6.45) is 0. The highest BCUT2D eigenvalue weighted by Crippen LogP contribution is 2.41. The molecule has 2 aromatic carbocycles. The lowest BCUT2D eigenvalue weighted by Gasteiger charge is -2.26. The minimum absolute atomic E-state index is 0.786. The lowest BCUT2D eigenvalue weighted by atomic mass is 9.78. The summed E-state index contributed by atoms with van der Waals surface area (Å²) < 4.78 is 0. The lowest BCUT2D eigenvalue weighted by molar-refractivity contribution is 1.12. The summed E-state index contributed by atoms with van der Waals surface area (Å²) in [5.41, 5.74) is 9.56. The molecular formula is C21H21N. The summed E-state index contributed by atoms with van der Waals surface area (Å²) >= 11 is 0. The zero-order valence-corrected chi connectivity index (χ0v) is 13.5. The summed E-state index contributed by atoms with van der Waals surface area (Å²) in [7, 11) is 0. The van der Waals surface area contributed by atoms with Gasteiger partial charge in [-0.3, -0.25) is 4.99 Å². The standard InChI is InChI=1S/C21H21N/c1-5-22-21-16(4)20(17-11-7-6-10-14(17)2)15(3)18-12-8-9-13-19(18)21/h6-13H,3,5H2,1-2,4H3. The van der Waals surface area contributed by atoms with Gasteiger partial charge in [0.05, 0.1) is 5.71 Å². The van der Waals surface area contributed by atoms with Gasteiger partial charge in [-0.1, -0.05) is 55.1 Å². The molecule has 0 fully saturated rings. The molecule has 1 nitrogen and oxygen atoms in total. The molecule has 1 heteroatoms. The van der Waals surface area contributed by atoms with Gasteiger partial charge in [-0.25, -0.2) is 0 Å². The minimum atomic E-state index is 0.786. The number of hydrogen-bond donors (Lipinski definition) is 0. The van der Waals surface area contributed by atoms with Gasteiger partial charge in [0, 0.05) is 12.1 Å². The van der Waals surface area contributed by atoms with E-state index in [0.29, 0.717) is 0 Å². The number of fused-ring (bicyclic) bond motifs is 1. The van der Waals surface area contributed by atoms with Crippen LogP contribution in [0.5, 0.6) is 0 Å². The van der Waals surface area contributed by atoms with Crippen LogP contribution < -0.4 is 0 Å². The van der Waals surface area contributed by atoms with Crippen LogP contribution in [0.4, 0.5) is 0 Å². The molecule has 0 saturated heterocycles. The smallest absolute Gasteiger partial charge is 0.0688 e. The Labute approximate surface area is 132 Å². The van der Waals surface area contributed by atoms with Gasteiger partial charge in [-0.2, -0.15) is 0 Å². The van der Waals surface area contributed by atoms with Crippen LogP contribution in [0.25, 0.3) is 11.1 Å². The molecule has 0 N–H and O–H groups in total. The molecule has 3 rings (SSSR count). The molecule has 0 aliphatic heterocycles. The molecular weight excluding hydrogens is 266 g/mol. The Bertz CT molecular complexity index is 806. The molecule has 0 amide bonds. The van der Waals surface area contributed by atoms with Crippen molar-refractivity contribution in [1.29, 1.82) is 0 Å². The topological polar surface area (TPSA) is 12.4 Å². The number of nitrogens with zero attached hydrogens (tertiary/aromatic N) is 1. The van der Waals surface area contributed by atoms with Crippen LogP contribution in [0, 0.1) is 6.92 Å². The van der Waals surface area contributed by atoms with Crippen LogP contribution in [0.1, 0.15) is 36.1 Å². The van der Waals surface area contributed by atoms with Gasteiger partial charge in [-0.05, 0) is 54.2 Å². The summed E-state index contributed by atoms with van der Waals surface area (Å²) in [4.78, 5) is 4.76. The number of allylic oxidation sites excluding steroid dienone is 3. The second kappa shape index (κ2) is 5.76. The highest BCUT2D eigenvalue weighted by Gasteiger charge is 2.25. The zero-order valence-electron chi connectivity index (χ0n) is 13.5. The van der Waals surface area contributed by atoms with Gasteiger partial charge in [0.25, 0.3) is 0 Å². The lowest BCUT2D eigenvalue weighted by Crippen LogP contribution is -2.15. The molecule has 0 aromatic heterocycles. The van der Waals surface area contributed by atoms with Crippen LogP contribution in [-0.2, 0) is 0 Å². The first-order valence-electron chi connectivity index (χ1n) is 7.76. The minimum Gasteiger partial charge on any atom is -0.285 e. The van der Waals surface area contributed by atoms with E-state index >= 15 is 0 Å². The summed E-state index contributed by atoms with van der Waals surface area (Å²) in [6, 6.07) is 16.9. The van der Waals surface area contributed by atoms with E-state index in [1.54, 1.807) is 0 Å². The fourth-order valence-corrected chi connectivity index (χ4v) is 3.21. The fraction of sp³-hybridized carbons (Fsp3) is 0.190. The summed E-state index contributed by atoms with van der Waals surface area (Å²) in [5, 5.41) is 0. The average Bonchev–Trinajstić information content (AvgIpc) is 2.53. The number of hydrogen-bond acceptors (Lipinski definition) is 1. The first-order valence-corrected chi connectivity index (χ1v) is 7.76. The van der Waals surface area contributed by atoms with Crippen molar-refractivity contribution < 1.29 is 0 Å². The Morgan fingerprint density at radius 3 is 2.09 bits per heavy atom. The third-order valence-corrected chi connectivity index (χ3v) is 4.27. The van der Waals surface area contributed by atoms with Crippen molar-refractivity contribution in [2.75, 3.05) is 6.54 Å². The molecule has 1 aliphatic rings. The van der Waals surface area contributed by atoms with Crippen molar-refractivity contribution in [1.82, 2.24) is 0 Å². The molecule has 0 bridgehead atoms. The van der Waals surface area contributed by atoms with Gasteiger partial charge < -0.3 is 0 Å². The second-order valence-electron chi connectivity index (χ2n) is 5.66. The van der Waals surface area contributed by atoms with Crippen LogP contribution in [0.3, 0.4) is 0 Å². The van der Waals surface area contributed by atoms with Crippen LogP contribution in [-0.4, -0.2) is 12.3 Å². The van der Waals surface area contributed by atoms with Gasteiger partial charge in [0.1, 0.15) is 0 Å². The number of rotatable bonds is 2. The fourth-order valence-electron chi connectivity index (χ4n) is 3.21. The third kappa shape index (κ3) is 2.23. The Balaban J connectivity index is 2.31. The predicted octanol–water partition coefficient (Wildman–Crippen LogP) is 5.30. The molecule has 110 valence electrons. The molecule has 0 spiro atoms. The van der Waals surface area contributed by atoms with Crippen molar-refractivity contribution in [3.8, 4) is 0 Å². The van der Waals surface area contributed by atoms with Gasteiger partial charge in [0.2, 0.25) is 0 Å². The quantitative estimate of drug-likeness (QED) is 0.710. The number of benzene rings is 2. The van der Waals surface area contributed by atoms with Crippen molar-refractivity contribution in [3.05, 3.63) is 82.9 Å². The maximum atomic E-state index is 4.76. The van der Waals surface area contributed by atoms with Crippen LogP contribution in [0.15, 0.2) is 65.7 Å². The predicted molar refractivity (Wildman–Crippen MR) is 96.3 cm³/mol. The highest BCUT2D eigenvalue weighted by atomic mass is 14.7. The molecule has 0 atom stereocenters. The Hall–Kier alpha value is -2.41. The van der Waals surface area contributed by atoms with E-state index in [0.717, 1.165) is 17.8 Å². The van der Waals surface area contributed by atoms with Crippen molar-refractivity contribution in [2.45, 2.75) is 20.8 Å². The Kier molecular flexibility index (Phi) is 3.81. The molecule has 22 heavy (non-hydrogen) atoms.